The number of rotatable bonds is 6. The smallest absolute Gasteiger partial charge is 0.326 e. The number of nitrogens with zero attached hydrogens (tertiary/aromatic N) is 2. The van der Waals surface area contributed by atoms with Crippen LogP contribution < -0.4 is 4.31 Å². The van der Waals surface area contributed by atoms with Gasteiger partial charge in [-0.3, -0.25) is 19.2 Å². The molecule has 8 nitrogen and oxygen atoms in total. The molecule has 0 heterocycles. The van der Waals surface area contributed by atoms with Gasteiger partial charge in [-0.2, -0.15) is 0 Å². The van der Waals surface area contributed by atoms with Crippen molar-refractivity contribution in [2.24, 2.45) is 0 Å². The average molecular weight is 476 g/mol. The fraction of sp³-hybridized carbons (Fsp3) is 0.133. The fourth-order valence-electron chi connectivity index (χ4n) is 2.07. The maximum atomic E-state index is 13.0. The van der Waals surface area contributed by atoms with Crippen molar-refractivity contribution >= 4 is 50.0 Å². The maximum absolute atomic E-state index is 13.0. The van der Waals surface area contributed by atoms with Crippen molar-refractivity contribution in [2.45, 2.75) is 4.90 Å². The molecule has 2 aromatic carbocycles. The van der Waals surface area contributed by atoms with Crippen LogP contribution in [0, 0.1) is 13.7 Å². The second kappa shape index (κ2) is 7.78. The van der Waals surface area contributed by atoms with Crippen LogP contribution in [0.4, 0.5) is 11.4 Å². The van der Waals surface area contributed by atoms with Gasteiger partial charge in [0.15, 0.2) is 4.90 Å². The first-order chi connectivity index (χ1) is 11.8. The molecular weight excluding hydrogens is 463 g/mol. The van der Waals surface area contributed by atoms with Gasteiger partial charge in [-0.1, -0.05) is 18.2 Å². The number of halogens is 1. The molecule has 0 aromatic heterocycles. The molecule has 0 unspecified atom stereocenters. The summed E-state index contributed by atoms with van der Waals surface area (Å²) in [4.78, 5) is 21.6. The van der Waals surface area contributed by atoms with Crippen molar-refractivity contribution in [3.05, 3.63) is 62.2 Å². The minimum Gasteiger partial charge on any atom is -0.468 e. The van der Waals surface area contributed by atoms with Crippen LogP contribution >= 0.6 is 22.6 Å². The fourth-order valence-corrected chi connectivity index (χ4v) is 4.16. The van der Waals surface area contributed by atoms with Gasteiger partial charge in [0.2, 0.25) is 0 Å². The summed E-state index contributed by atoms with van der Waals surface area (Å²) < 4.78 is 32.2. The molecule has 0 aliphatic heterocycles. The summed E-state index contributed by atoms with van der Waals surface area (Å²) in [6.07, 6.45) is 0. The third kappa shape index (κ3) is 4.25. The van der Waals surface area contributed by atoms with Gasteiger partial charge in [-0.25, -0.2) is 8.42 Å². The number of anilines is 1. The maximum Gasteiger partial charge on any atom is 0.326 e. The molecule has 0 N–H and O–H groups in total. The number of nitro benzene ring substituents is 1. The van der Waals surface area contributed by atoms with Gasteiger partial charge in [0.05, 0.1) is 17.7 Å². The number of methoxy groups -OCH3 is 1. The lowest BCUT2D eigenvalue weighted by molar-refractivity contribution is -0.387. The summed E-state index contributed by atoms with van der Waals surface area (Å²) in [5.74, 6) is -0.791. The Balaban J connectivity index is 2.64. The predicted molar refractivity (Wildman–Crippen MR) is 98.8 cm³/mol. The monoisotopic (exact) mass is 476 g/mol. The first-order valence-electron chi connectivity index (χ1n) is 6.86. The molecule has 25 heavy (non-hydrogen) atoms. The highest BCUT2D eigenvalue weighted by Crippen LogP contribution is 2.30. The van der Waals surface area contributed by atoms with E-state index >= 15 is 0 Å². The summed E-state index contributed by atoms with van der Waals surface area (Å²) in [6.45, 7) is -0.606. The number of sulfonamides is 1. The summed E-state index contributed by atoms with van der Waals surface area (Å²) >= 11 is 2.00. The quantitative estimate of drug-likeness (QED) is 0.275. The summed E-state index contributed by atoms with van der Waals surface area (Å²) in [6, 6.07) is 11.4. The molecule has 0 aliphatic rings. The minimum atomic E-state index is -4.36. The number of nitro groups is 1. The lowest BCUT2D eigenvalue weighted by atomic mass is 10.3. The Morgan fingerprint density at radius 2 is 1.92 bits per heavy atom. The molecule has 0 atom stereocenters. The van der Waals surface area contributed by atoms with E-state index in [4.69, 9.17) is 0 Å². The van der Waals surface area contributed by atoms with E-state index in [-0.39, 0.29) is 5.69 Å². The van der Waals surface area contributed by atoms with Gasteiger partial charge in [-0.05, 0) is 46.9 Å². The van der Waals surface area contributed by atoms with Crippen LogP contribution in [0.1, 0.15) is 0 Å². The van der Waals surface area contributed by atoms with Crippen LogP contribution in [-0.2, 0) is 19.6 Å². The second-order valence-corrected chi connectivity index (χ2v) is 7.87. The highest BCUT2D eigenvalue weighted by molar-refractivity contribution is 14.1. The molecule has 10 heteroatoms. The van der Waals surface area contributed by atoms with Crippen molar-refractivity contribution in [3.63, 3.8) is 0 Å². The lowest BCUT2D eigenvalue weighted by Gasteiger charge is -2.23. The summed E-state index contributed by atoms with van der Waals surface area (Å²) in [7, 11) is -3.23. The second-order valence-electron chi connectivity index (χ2n) is 4.79. The molecule has 132 valence electrons. The highest BCUT2D eigenvalue weighted by atomic mass is 127. The first-order valence-corrected chi connectivity index (χ1v) is 9.38. The summed E-state index contributed by atoms with van der Waals surface area (Å²) in [5.41, 5.74) is -0.363. The minimum absolute atomic E-state index is 0.204. The molecule has 0 amide bonds. The van der Waals surface area contributed by atoms with Crippen molar-refractivity contribution in [3.8, 4) is 0 Å². The zero-order chi connectivity index (χ0) is 18.6. The van der Waals surface area contributed by atoms with Crippen LogP contribution in [-0.4, -0.2) is 33.0 Å². The van der Waals surface area contributed by atoms with Gasteiger partial charge in [-0.15, -0.1) is 0 Å². The number of benzene rings is 2. The molecule has 0 bridgehead atoms. The van der Waals surface area contributed by atoms with E-state index in [2.05, 4.69) is 4.74 Å². The number of esters is 1. The van der Waals surface area contributed by atoms with Gasteiger partial charge >= 0.3 is 5.97 Å². The van der Waals surface area contributed by atoms with E-state index < -0.39 is 38.0 Å². The van der Waals surface area contributed by atoms with Gasteiger partial charge in [0.25, 0.3) is 15.7 Å². The Labute approximate surface area is 157 Å². The van der Waals surface area contributed by atoms with E-state index in [1.807, 2.05) is 22.6 Å². The Bertz CT molecular complexity index is 916. The van der Waals surface area contributed by atoms with Crippen LogP contribution in [0.3, 0.4) is 0 Å². The molecule has 0 saturated heterocycles. The molecule has 0 spiro atoms. The number of para-hydroxylation sites is 1. The van der Waals surface area contributed by atoms with E-state index in [1.54, 1.807) is 18.2 Å². The zero-order valence-electron chi connectivity index (χ0n) is 13.0. The highest BCUT2D eigenvalue weighted by Gasteiger charge is 2.33. The number of ether oxygens (including phenoxy) is 1. The molecule has 2 rings (SSSR count). The van der Waals surface area contributed by atoms with E-state index in [9.17, 15) is 23.3 Å². The van der Waals surface area contributed by atoms with Crippen molar-refractivity contribution < 1.29 is 22.9 Å². The lowest BCUT2D eigenvalue weighted by Crippen LogP contribution is -2.36. The Morgan fingerprint density at radius 3 is 2.52 bits per heavy atom. The Morgan fingerprint density at radius 1 is 1.24 bits per heavy atom. The van der Waals surface area contributed by atoms with Gasteiger partial charge in [0, 0.05) is 9.64 Å². The third-order valence-corrected chi connectivity index (χ3v) is 5.72. The topological polar surface area (TPSA) is 107 Å². The van der Waals surface area contributed by atoms with E-state index in [0.29, 0.717) is 0 Å². The summed E-state index contributed by atoms with van der Waals surface area (Å²) in [5, 5.41) is 11.2. The molecular formula is C15H13IN2O6S. The molecule has 0 aliphatic carbocycles. The molecule has 0 radical (unpaired) electrons. The zero-order valence-corrected chi connectivity index (χ0v) is 15.9. The first kappa shape index (κ1) is 19.1. The van der Waals surface area contributed by atoms with Crippen molar-refractivity contribution in [1.82, 2.24) is 0 Å². The average Bonchev–Trinajstić information content (AvgIpc) is 2.59. The predicted octanol–water partition coefficient (Wildman–Crippen LogP) is 2.57. The SMILES string of the molecule is COC(=O)CN(c1cccc(I)c1)S(=O)(=O)c1ccccc1[N+](=O)[O-]. The van der Waals surface area contributed by atoms with Crippen molar-refractivity contribution in [2.75, 3.05) is 18.0 Å². The Kier molecular flexibility index (Phi) is 5.95. The largest absolute Gasteiger partial charge is 0.468 e. The standard InChI is InChI=1S/C15H13IN2O6S/c1-24-15(19)10-17(12-6-4-5-11(16)9-12)25(22,23)14-8-3-2-7-13(14)18(20)21/h2-9H,10H2,1H3. The number of carbonyl (C=O) groups excluding carboxylic acids is 1. The van der Waals surface area contributed by atoms with Crippen LogP contribution in [0.15, 0.2) is 53.4 Å². The van der Waals surface area contributed by atoms with Crippen LogP contribution in [0.5, 0.6) is 0 Å². The van der Waals surface area contributed by atoms with E-state index in [0.717, 1.165) is 27.1 Å². The van der Waals surface area contributed by atoms with Gasteiger partial charge in [0.1, 0.15) is 6.54 Å². The normalized spacial score (nSPS) is 11.0. The van der Waals surface area contributed by atoms with Crippen LogP contribution in [0.25, 0.3) is 0 Å². The number of hydrogen-bond donors (Lipinski definition) is 0. The third-order valence-electron chi connectivity index (χ3n) is 3.23. The van der Waals surface area contributed by atoms with Gasteiger partial charge < -0.3 is 4.74 Å². The molecule has 0 saturated carbocycles. The number of hydrogen-bond acceptors (Lipinski definition) is 6. The number of carbonyl (C=O) groups is 1. The Hall–Kier alpha value is -2.21. The van der Waals surface area contributed by atoms with E-state index in [1.165, 1.54) is 18.2 Å². The molecule has 0 fully saturated rings. The van der Waals surface area contributed by atoms with Crippen molar-refractivity contribution in [1.29, 1.82) is 0 Å². The van der Waals surface area contributed by atoms with Crippen LogP contribution in [0.2, 0.25) is 0 Å². The molecule has 2 aromatic rings.